The van der Waals surface area contributed by atoms with Crippen LogP contribution in [0.1, 0.15) is 12.8 Å². The topological polar surface area (TPSA) is 0 Å². The molecule has 0 aromatic heterocycles. The summed E-state index contributed by atoms with van der Waals surface area (Å²) >= 11 is 0. The second kappa shape index (κ2) is 4.45. The zero-order valence-electron chi connectivity index (χ0n) is 9.05. The molecule has 0 nitrogen and oxygen atoms in total. The summed E-state index contributed by atoms with van der Waals surface area (Å²) in [6, 6.07) is 0. The SMILES string of the molecule is FC(F)(F)C(F)(F)C(F)(C1=CC=CCC1)C(F)(F)F. The third kappa shape index (κ3) is 2.34. The van der Waals surface area contributed by atoms with Gasteiger partial charge in [-0.25, -0.2) is 4.39 Å². The van der Waals surface area contributed by atoms with Gasteiger partial charge in [-0.05, 0) is 18.4 Å². The number of hydrogen-bond donors (Lipinski definition) is 0. The Morgan fingerprint density at radius 1 is 0.789 bits per heavy atom. The Bertz CT molecular complexity index is 398. The molecule has 1 rings (SSSR count). The molecule has 9 heteroatoms. The lowest BCUT2D eigenvalue weighted by Crippen LogP contribution is -2.63. The average molecular weight is 298 g/mol. The Morgan fingerprint density at radius 2 is 1.32 bits per heavy atom. The molecule has 1 unspecified atom stereocenters. The maximum atomic E-state index is 13.8. The summed E-state index contributed by atoms with van der Waals surface area (Å²) in [5, 5.41) is 0. The second-order valence-corrected chi connectivity index (χ2v) is 3.89. The van der Waals surface area contributed by atoms with Crippen LogP contribution in [-0.4, -0.2) is 23.9 Å². The molecule has 0 aliphatic heterocycles. The first-order chi connectivity index (χ1) is 8.36. The minimum Gasteiger partial charge on any atom is -0.222 e. The monoisotopic (exact) mass is 298 g/mol. The van der Waals surface area contributed by atoms with Crippen LogP contribution in [0.5, 0.6) is 0 Å². The van der Waals surface area contributed by atoms with E-state index >= 15 is 0 Å². The van der Waals surface area contributed by atoms with Crippen molar-refractivity contribution in [1.29, 1.82) is 0 Å². The van der Waals surface area contributed by atoms with Crippen molar-refractivity contribution >= 4 is 0 Å². The summed E-state index contributed by atoms with van der Waals surface area (Å²) in [6.45, 7) is 0. The second-order valence-electron chi connectivity index (χ2n) is 3.89. The summed E-state index contributed by atoms with van der Waals surface area (Å²) in [5.74, 6) is -6.56. The maximum absolute atomic E-state index is 13.8. The third-order valence-corrected chi connectivity index (χ3v) is 2.64. The Kier molecular flexibility index (Phi) is 3.72. The van der Waals surface area contributed by atoms with Gasteiger partial charge >= 0.3 is 18.3 Å². The van der Waals surface area contributed by atoms with Crippen molar-refractivity contribution < 1.29 is 39.5 Å². The van der Waals surface area contributed by atoms with Gasteiger partial charge in [0.2, 0.25) is 0 Å². The van der Waals surface area contributed by atoms with E-state index in [2.05, 4.69) is 0 Å². The summed E-state index contributed by atoms with van der Waals surface area (Å²) in [4.78, 5) is 0. The number of rotatable bonds is 2. The maximum Gasteiger partial charge on any atom is 0.457 e. The molecule has 19 heavy (non-hydrogen) atoms. The van der Waals surface area contributed by atoms with Crippen LogP contribution >= 0.6 is 0 Å². The lowest BCUT2D eigenvalue weighted by Gasteiger charge is -2.37. The molecule has 0 bridgehead atoms. The molecule has 0 saturated carbocycles. The fourth-order valence-electron chi connectivity index (χ4n) is 1.65. The van der Waals surface area contributed by atoms with Gasteiger partial charge in [0.15, 0.2) is 0 Å². The lowest BCUT2D eigenvalue weighted by molar-refractivity contribution is -0.373. The van der Waals surface area contributed by atoms with E-state index < -0.39 is 35.9 Å². The molecule has 0 N–H and O–H groups in total. The minimum atomic E-state index is -6.65. The van der Waals surface area contributed by atoms with Gasteiger partial charge < -0.3 is 0 Å². The Labute approximate surface area is 101 Å². The van der Waals surface area contributed by atoms with Crippen molar-refractivity contribution in [2.24, 2.45) is 0 Å². The van der Waals surface area contributed by atoms with Crippen molar-refractivity contribution in [3.8, 4) is 0 Å². The van der Waals surface area contributed by atoms with Gasteiger partial charge in [0.05, 0.1) is 0 Å². The molecule has 0 amide bonds. The molecule has 1 atom stereocenters. The van der Waals surface area contributed by atoms with Crippen LogP contribution in [0.15, 0.2) is 23.8 Å². The minimum absolute atomic E-state index is 0.248. The molecule has 0 spiro atoms. The largest absolute Gasteiger partial charge is 0.457 e. The van der Waals surface area contributed by atoms with Gasteiger partial charge in [0, 0.05) is 0 Å². The van der Waals surface area contributed by atoms with Crippen LogP contribution < -0.4 is 0 Å². The number of allylic oxidation sites excluding steroid dienone is 4. The molecule has 0 saturated heterocycles. The molecule has 1 aliphatic rings. The lowest BCUT2D eigenvalue weighted by atomic mass is 9.83. The van der Waals surface area contributed by atoms with Gasteiger partial charge in [-0.2, -0.15) is 35.1 Å². The molecule has 1 aliphatic carbocycles. The predicted octanol–water partition coefficient (Wildman–Crippen LogP) is 4.73. The van der Waals surface area contributed by atoms with E-state index in [4.69, 9.17) is 0 Å². The fourth-order valence-corrected chi connectivity index (χ4v) is 1.65. The Morgan fingerprint density at radius 3 is 1.63 bits per heavy atom. The third-order valence-electron chi connectivity index (χ3n) is 2.64. The van der Waals surface area contributed by atoms with Crippen molar-refractivity contribution in [3.05, 3.63) is 23.8 Å². The molecular formula is C10H7F9. The number of halogens is 9. The predicted molar refractivity (Wildman–Crippen MR) is 47.4 cm³/mol. The van der Waals surface area contributed by atoms with Crippen molar-refractivity contribution in [3.63, 3.8) is 0 Å². The zero-order valence-corrected chi connectivity index (χ0v) is 9.05. The molecule has 0 fully saturated rings. The van der Waals surface area contributed by atoms with Crippen LogP contribution in [0.25, 0.3) is 0 Å². The first kappa shape index (κ1) is 15.9. The van der Waals surface area contributed by atoms with Gasteiger partial charge in [0.25, 0.3) is 5.67 Å². The Hall–Kier alpha value is -1.15. The molecule has 0 aromatic carbocycles. The standard InChI is InChI=1S/C10H7F9/c11-7(9(14,15)16,6-4-2-1-3-5-6)8(12,13)10(17,18)19/h1-2,4H,3,5H2. The highest BCUT2D eigenvalue weighted by Gasteiger charge is 2.82. The zero-order chi connectivity index (χ0) is 15.1. The first-order valence-corrected chi connectivity index (χ1v) is 4.92. The van der Waals surface area contributed by atoms with E-state index in [1.54, 1.807) is 0 Å². The quantitative estimate of drug-likeness (QED) is 0.646. The fraction of sp³-hybridized carbons (Fsp3) is 0.600. The summed E-state index contributed by atoms with van der Waals surface area (Å²) in [7, 11) is 0. The smallest absolute Gasteiger partial charge is 0.222 e. The molecule has 0 heterocycles. The van der Waals surface area contributed by atoms with E-state index in [9.17, 15) is 39.5 Å². The summed E-state index contributed by atoms with van der Waals surface area (Å²) in [5.41, 5.74) is -7.40. The van der Waals surface area contributed by atoms with Crippen molar-refractivity contribution in [2.75, 3.05) is 0 Å². The first-order valence-electron chi connectivity index (χ1n) is 4.92. The van der Waals surface area contributed by atoms with E-state index in [1.165, 1.54) is 6.08 Å². The van der Waals surface area contributed by atoms with Crippen LogP contribution in [0.2, 0.25) is 0 Å². The van der Waals surface area contributed by atoms with Gasteiger partial charge in [0.1, 0.15) is 0 Å². The number of hydrogen-bond acceptors (Lipinski definition) is 0. The molecule has 0 aromatic rings. The van der Waals surface area contributed by atoms with E-state index in [0.717, 1.165) is 6.08 Å². The van der Waals surface area contributed by atoms with Crippen molar-refractivity contribution in [2.45, 2.75) is 36.8 Å². The highest BCUT2D eigenvalue weighted by Crippen LogP contribution is 2.57. The van der Waals surface area contributed by atoms with E-state index in [-0.39, 0.29) is 6.42 Å². The van der Waals surface area contributed by atoms with E-state index in [0.29, 0.717) is 6.08 Å². The van der Waals surface area contributed by atoms with Crippen LogP contribution in [0, 0.1) is 0 Å². The van der Waals surface area contributed by atoms with Gasteiger partial charge in [-0.15, -0.1) is 0 Å². The number of alkyl halides is 9. The summed E-state index contributed by atoms with van der Waals surface area (Å²) < 4.78 is 113. The normalized spacial score (nSPS) is 21.0. The molecule has 0 radical (unpaired) electrons. The van der Waals surface area contributed by atoms with E-state index in [1.807, 2.05) is 0 Å². The van der Waals surface area contributed by atoms with Crippen LogP contribution in [0.4, 0.5) is 39.5 Å². The van der Waals surface area contributed by atoms with Gasteiger partial charge in [-0.3, -0.25) is 0 Å². The average Bonchev–Trinajstić information content (AvgIpc) is 2.25. The van der Waals surface area contributed by atoms with Gasteiger partial charge in [-0.1, -0.05) is 18.2 Å². The van der Waals surface area contributed by atoms with Crippen LogP contribution in [0.3, 0.4) is 0 Å². The molecule has 110 valence electrons. The highest BCUT2D eigenvalue weighted by atomic mass is 19.4. The Balaban J connectivity index is 3.46. The van der Waals surface area contributed by atoms with Crippen LogP contribution in [-0.2, 0) is 0 Å². The summed E-state index contributed by atoms with van der Waals surface area (Å²) in [6.07, 6.45) is -11.8. The highest BCUT2D eigenvalue weighted by molar-refractivity contribution is 5.32. The van der Waals surface area contributed by atoms with Crippen molar-refractivity contribution in [1.82, 2.24) is 0 Å². The molecular weight excluding hydrogens is 291 g/mol.